The second-order valence-corrected chi connectivity index (χ2v) is 4.83. The van der Waals surface area contributed by atoms with Crippen molar-refractivity contribution in [2.45, 2.75) is 13.3 Å². The fourth-order valence-corrected chi connectivity index (χ4v) is 2.22. The molecule has 1 aromatic carbocycles. The highest BCUT2D eigenvalue weighted by Crippen LogP contribution is 2.32. The summed E-state index contributed by atoms with van der Waals surface area (Å²) in [5.74, 6) is -1.17. The van der Waals surface area contributed by atoms with Crippen molar-refractivity contribution >= 4 is 40.5 Å². The molecule has 0 bridgehead atoms. The summed E-state index contributed by atoms with van der Waals surface area (Å²) in [6.45, 7) is 1.87. The average Bonchev–Trinajstić information content (AvgIpc) is 2.74. The molecule has 2 rings (SSSR count). The van der Waals surface area contributed by atoms with Gasteiger partial charge >= 0.3 is 0 Å². The Kier molecular flexibility index (Phi) is 4.15. The molecule has 0 saturated heterocycles. The topological polar surface area (TPSA) is 83.8 Å². The van der Waals surface area contributed by atoms with Gasteiger partial charge < -0.3 is 11.1 Å². The lowest BCUT2D eigenvalue weighted by atomic mass is 10.2. The number of benzene rings is 1. The summed E-state index contributed by atoms with van der Waals surface area (Å²) in [5.41, 5.74) is 6.86. The Bertz CT molecular complexity index is 648. The molecule has 1 amide bonds. The number of aromatic amines is 1. The fourth-order valence-electron chi connectivity index (χ4n) is 1.66. The van der Waals surface area contributed by atoms with Gasteiger partial charge in [-0.1, -0.05) is 30.1 Å². The molecule has 20 heavy (non-hydrogen) atoms. The van der Waals surface area contributed by atoms with Gasteiger partial charge in [0, 0.05) is 0 Å². The van der Waals surface area contributed by atoms with E-state index in [1.165, 1.54) is 0 Å². The van der Waals surface area contributed by atoms with Gasteiger partial charge in [-0.3, -0.25) is 9.89 Å². The Morgan fingerprint density at radius 1 is 1.45 bits per heavy atom. The smallest absolute Gasteiger partial charge is 0.278 e. The normalized spacial score (nSPS) is 10.6. The third-order valence-electron chi connectivity index (χ3n) is 2.70. The summed E-state index contributed by atoms with van der Waals surface area (Å²) >= 11 is 11.7. The van der Waals surface area contributed by atoms with Gasteiger partial charge in [-0.15, -0.1) is 0 Å². The summed E-state index contributed by atoms with van der Waals surface area (Å²) < 4.78 is 13.1. The average molecular weight is 317 g/mol. The molecule has 0 atom stereocenters. The lowest BCUT2D eigenvalue weighted by molar-refractivity contribution is 0.102. The summed E-state index contributed by atoms with van der Waals surface area (Å²) in [6, 6.07) is 2.10. The van der Waals surface area contributed by atoms with Gasteiger partial charge in [0.25, 0.3) is 5.91 Å². The van der Waals surface area contributed by atoms with Crippen LogP contribution in [0.25, 0.3) is 0 Å². The van der Waals surface area contributed by atoms with Crippen molar-refractivity contribution in [3.8, 4) is 0 Å². The van der Waals surface area contributed by atoms with Crippen molar-refractivity contribution in [2.24, 2.45) is 0 Å². The molecule has 0 radical (unpaired) electrons. The minimum atomic E-state index is -0.592. The van der Waals surface area contributed by atoms with E-state index in [0.717, 1.165) is 12.1 Å². The van der Waals surface area contributed by atoms with Gasteiger partial charge in [0.15, 0.2) is 5.69 Å². The van der Waals surface area contributed by atoms with E-state index in [-0.39, 0.29) is 27.1 Å². The molecular formula is C12H11Cl2FN4O. The maximum Gasteiger partial charge on any atom is 0.278 e. The molecule has 0 aliphatic heterocycles. The van der Waals surface area contributed by atoms with Crippen LogP contribution in [0.2, 0.25) is 10.0 Å². The Labute approximate surface area is 124 Å². The van der Waals surface area contributed by atoms with E-state index >= 15 is 0 Å². The predicted molar refractivity (Wildman–Crippen MR) is 76.8 cm³/mol. The number of amides is 1. The second-order valence-electron chi connectivity index (χ2n) is 4.02. The minimum absolute atomic E-state index is 0.00632. The van der Waals surface area contributed by atoms with Gasteiger partial charge in [-0.05, 0) is 18.6 Å². The van der Waals surface area contributed by atoms with Crippen LogP contribution in [0, 0.1) is 5.82 Å². The number of H-pyrrole nitrogens is 1. The molecule has 0 unspecified atom stereocenters. The Morgan fingerprint density at radius 3 is 2.55 bits per heavy atom. The number of hydrogen-bond donors (Lipinski definition) is 3. The fraction of sp³-hybridized carbons (Fsp3) is 0.167. The number of carbonyl (C=O) groups is 1. The molecule has 0 aliphatic rings. The molecule has 0 spiro atoms. The first-order valence-corrected chi connectivity index (χ1v) is 6.48. The van der Waals surface area contributed by atoms with Crippen LogP contribution < -0.4 is 11.1 Å². The first-order valence-electron chi connectivity index (χ1n) is 5.72. The number of carbonyl (C=O) groups excluding carboxylic acids is 1. The lowest BCUT2D eigenvalue weighted by Gasteiger charge is -2.08. The maximum atomic E-state index is 13.1. The van der Waals surface area contributed by atoms with E-state index in [2.05, 4.69) is 15.5 Å². The maximum absolute atomic E-state index is 13.1. The van der Waals surface area contributed by atoms with Crippen molar-refractivity contribution in [1.82, 2.24) is 10.2 Å². The number of nitrogens with zero attached hydrogens (tertiary/aromatic N) is 1. The van der Waals surface area contributed by atoms with Crippen molar-refractivity contribution in [2.75, 3.05) is 11.1 Å². The zero-order valence-electron chi connectivity index (χ0n) is 10.4. The SMILES string of the molecule is CCc1[nH]nc(C(=O)Nc2c(Cl)cc(F)cc2Cl)c1N. The first-order chi connectivity index (χ1) is 9.43. The van der Waals surface area contributed by atoms with Crippen LogP contribution >= 0.6 is 23.2 Å². The molecule has 5 nitrogen and oxygen atoms in total. The van der Waals surface area contributed by atoms with Gasteiger partial charge in [0.2, 0.25) is 0 Å². The van der Waals surface area contributed by atoms with Gasteiger partial charge in [-0.2, -0.15) is 5.10 Å². The molecule has 0 saturated carbocycles. The van der Waals surface area contributed by atoms with E-state index in [1.54, 1.807) is 0 Å². The molecule has 8 heteroatoms. The number of halogens is 3. The summed E-state index contributed by atoms with van der Waals surface area (Å²) in [4.78, 5) is 12.1. The standard InChI is InChI=1S/C12H11Cl2FN4O/c1-2-8-9(16)11(19-18-8)12(20)17-10-6(13)3-5(15)4-7(10)14/h3-4H,2,16H2,1H3,(H,17,20)(H,18,19). The zero-order chi connectivity index (χ0) is 14.9. The monoisotopic (exact) mass is 316 g/mol. The summed E-state index contributed by atoms with van der Waals surface area (Å²) in [7, 11) is 0. The quantitative estimate of drug-likeness (QED) is 0.812. The van der Waals surface area contributed by atoms with Crippen LogP contribution in [0.15, 0.2) is 12.1 Å². The van der Waals surface area contributed by atoms with E-state index in [0.29, 0.717) is 12.1 Å². The van der Waals surface area contributed by atoms with Crippen molar-refractivity contribution in [3.05, 3.63) is 39.4 Å². The van der Waals surface area contributed by atoms with Crippen molar-refractivity contribution < 1.29 is 9.18 Å². The zero-order valence-corrected chi connectivity index (χ0v) is 11.9. The van der Waals surface area contributed by atoms with Crippen LogP contribution in [0.4, 0.5) is 15.8 Å². The molecule has 1 aromatic heterocycles. The summed E-state index contributed by atoms with van der Waals surface area (Å²) in [5, 5.41) is 8.96. The van der Waals surface area contributed by atoms with E-state index in [4.69, 9.17) is 28.9 Å². The third-order valence-corrected chi connectivity index (χ3v) is 3.29. The van der Waals surface area contributed by atoms with Crippen LogP contribution in [0.3, 0.4) is 0 Å². The third kappa shape index (κ3) is 2.71. The van der Waals surface area contributed by atoms with Crippen LogP contribution in [0.1, 0.15) is 23.1 Å². The first kappa shape index (κ1) is 14.6. The van der Waals surface area contributed by atoms with E-state index < -0.39 is 11.7 Å². The molecular weight excluding hydrogens is 306 g/mol. The minimum Gasteiger partial charge on any atom is -0.395 e. The molecule has 2 aromatic rings. The number of nitrogens with one attached hydrogen (secondary N) is 2. The highest BCUT2D eigenvalue weighted by atomic mass is 35.5. The Morgan fingerprint density at radius 2 is 2.05 bits per heavy atom. The Hall–Kier alpha value is -1.79. The lowest BCUT2D eigenvalue weighted by Crippen LogP contribution is -2.15. The largest absolute Gasteiger partial charge is 0.395 e. The molecule has 4 N–H and O–H groups in total. The number of nitrogen functional groups attached to an aromatic ring is 1. The van der Waals surface area contributed by atoms with Crippen LogP contribution in [-0.4, -0.2) is 16.1 Å². The highest BCUT2D eigenvalue weighted by molar-refractivity contribution is 6.40. The molecule has 106 valence electrons. The van der Waals surface area contributed by atoms with E-state index in [9.17, 15) is 9.18 Å². The number of rotatable bonds is 3. The van der Waals surface area contributed by atoms with Crippen LogP contribution in [0.5, 0.6) is 0 Å². The van der Waals surface area contributed by atoms with E-state index in [1.807, 2.05) is 6.92 Å². The van der Waals surface area contributed by atoms with Gasteiger partial charge in [0.05, 0.1) is 27.1 Å². The number of anilines is 2. The number of nitrogens with two attached hydrogens (primary N) is 1. The summed E-state index contributed by atoms with van der Waals surface area (Å²) in [6.07, 6.45) is 0.615. The second kappa shape index (κ2) is 5.68. The highest BCUT2D eigenvalue weighted by Gasteiger charge is 2.19. The van der Waals surface area contributed by atoms with Gasteiger partial charge in [-0.25, -0.2) is 4.39 Å². The van der Waals surface area contributed by atoms with Gasteiger partial charge in [0.1, 0.15) is 5.82 Å². The predicted octanol–water partition coefficient (Wildman–Crippen LogP) is 3.25. The molecule has 0 fully saturated rings. The number of aromatic nitrogens is 2. The van der Waals surface area contributed by atoms with Crippen molar-refractivity contribution in [1.29, 1.82) is 0 Å². The Balaban J connectivity index is 2.30. The van der Waals surface area contributed by atoms with Crippen molar-refractivity contribution in [3.63, 3.8) is 0 Å². The number of aryl methyl sites for hydroxylation is 1. The number of hydrogen-bond acceptors (Lipinski definition) is 3. The molecule has 1 heterocycles. The molecule has 0 aliphatic carbocycles. The van der Waals surface area contributed by atoms with Crippen LogP contribution in [-0.2, 0) is 6.42 Å².